The minimum absolute atomic E-state index is 0.00641. The van der Waals surface area contributed by atoms with Gasteiger partial charge in [0.15, 0.2) is 0 Å². The number of aromatic nitrogens is 1. The molecule has 33 heavy (non-hydrogen) atoms. The van der Waals surface area contributed by atoms with Crippen LogP contribution in [0.25, 0.3) is 10.9 Å². The summed E-state index contributed by atoms with van der Waals surface area (Å²) in [5.74, 6) is 0.394. The van der Waals surface area contributed by atoms with Crippen LogP contribution in [0, 0.1) is 0 Å². The summed E-state index contributed by atoms with van der Waals surface area (Å²) in [6.07, 6.45) is 1.29. The molecule has 2 aromatic carbocycles. The lowest BCUT2D eigenvalue weighted by Crippen LogP contribution is -2.14. The van der Waals surface area contributed by atoms with Gasteiger partial charge in [-0.1, -0.05) is 25.0 Å². The molecule has 3 aromatic rings. The number of halogens is 3. The van der Waals surface area contributed by atoms with Gasteiger partial charge in [0.05, 0.1) is 5.56 Å². The highest BCUT2D eigenvalue weighted by Crippen LogP contribution is 2.42. The Labute approximate surface area is 190 Å². The third-order valence-corrected chi connectivity index (χ3v) is 7.13. The second kappa shape index (κ2) is 8.43. The normalized spacial score (nSPS) is 18.7. The van der Waals surface area contributed by atoms with Crippen LogP contribution in [0.2, 0.25) is 0 Å². The third kappa shape index (κ3) is 4.33. The quantitative estimate of drug-likeness (QED) is 0.455. The molecule has 0 saturated heterocycles. The first-order valence-corrected chi connectivity index (χ1v) is 11.5. The zero-order valence-electron chi connectivity index (χ0n) is 18.3. The number of carbonyl (C=O) groups excluding carboxylic acids is 1. The van der Waals surface area contributed by atoms with Crippen molar-refractivity contribution in [1.29, 1.82) is 0 Å². The van der Waals surface area contributed by atoms with Crippen LogP contribution in [0.3, 0.4) is 0 Å². The lowest BCUT2D eigenvalue weighted by molar-refractivity contribution is -0.138. The van der Waals surface area contributed by atoms with Gasteiger partial charge in [-0.15, -0.1) is 0 Å². The largest absolute Gasteiger partial charge is 0.489 e. The van der Waals surface area contributed by atoms with E-state index in [0.29, 0.717) is 23.3 Å². The molecule has 2 aliphatic rings. The second-order valence-corrected chi connectivity index (χ2v) is 9.32. The van der Waals surface area contributed by atoms with E-state index >= 15 is 0 Å². The highest BCUT2D eigenvalue weighted by atomic mass is 19.4. The Morgan fingerprint density at radius 2 is 1.88 bits per heavy atom. The standard InChI is InChI=1S/C26H27F3N2O2/c27-26(28,29)22-11-15(5-8-19(22)16-3-1-2-4-16)14-33-18-7-10-23-21(13-18)20-9-6-17(12-24(30)32)25(20)31-23/h5,7-8,10-11,13,16-17,31H,1-4,6,9,12,14H2,(H2,30,32)/t17-/m1/s1. The Morgan fingerprint density at radius 1 is 1.09 bits per heavy atom. The maximum Gasteiger partial charge on any atom is 0.416 e. The lowest BCUT2D eigenvalue weighted by atomic mass is 9.91. The number of carbonyl (C=O) groups is 1. The smallest absolute Gasteiger partial charge is 0.416 e. The minimum atomic E-state index is -4.38. The molecule has 0 bridgehead atoms. The van der Waals surface area contributed by atoms with Crippen molar-refractivity contribution < 1.29 is 22.7 Å². The van der Waals surface area contributed by atoms with Crippen molar-refractivity contribution in [2.24, 2.45) is 5.73 Å². The van der Waals surface area contributed by atoms with Gasteiger partial charge in [0.25, 0.3) is 0 Å². The van der Waals surface area contributed by atoms with Crippen molar-refractivity contribution in [3.05, 3.63) is 64.3 Å². The van der Waals surface area contributed by atoms with Crippen molar-refractivity contribution >= 4 is 16.8 Å². The first kappa shape index (κ1) is 21.9. The molecule has 2 aliphatic carbocycles. The van der Waals surface area contributed by atoms with Gasteiger partial charge in [0, 0.05) is 28.9 Å². The molecule has 1 atom stereocenters. The fraction of sp³-hybridized carbons (Fsp3) is 0.423. The van der Waals surface area contributed by atoms with Crippen molar-refractivity contribution in [2.75, 3.05) is 0 Å². The van der Waals surface area contributed by atoms with Crippen LogP contribution in [0.15, 0.2) is 36.4 Å². The maximum absolute atomic E-state index is 13.7. The molecular weight excluding hydrogens is 429 g/mol. The molecule has 4 nitrogen and oxygen atoms in total. The molecule has 0 spiro atoms. The highest BCUT2D eigenvalue weighted by Gasteiger charge is 2.36. The van der Waals surface area contributed by atoms with E-state index in [9.17, 15) is 18.0 Å². The molecule has 1 saturated carbocycles. The van der Waals surface area contributed by atoms with Gasteiger partial charge in [-0.05, 0) is 72.6 Å². The number of primary amides is 1. The van der Waals surface area contributed by atoms with Gasteiger partial charge in [-0.2, -0.15) is 13.2 Å². The second-order valence-electron chi connectivity index (χ2n) is 9.32. The van der Waals surface area contributed by atoms with E-state index in [1.54, 1.807) is 12.1 Å². The summed E-state index contributed by atoms with van der Waals surface area (Å²) in [7, 11) is 0. The molecule has 3 N–H and O–H groups in total. The monoisotopic (exact) mass is 456 g/mol. The molecule has 1 amide bonds. The Morgan fingerprint density at radius 3 is 2.61 bits per heavy atom. The number of rotatable bonds is 6. The summed E-state index contributed by atoms with van der Waals surface area (Å²) in [4.78, 5) is 14.8. The van der Waals surface area contributed by atoms with Crippen LogP contribution >= 0.6 is 0 Å². The molecular formula is C26H27F3N2O2. The summed E-state index contributed by atoms with van der Waals surface area (Å²) in [6.45, 7) is 0.0659. The van der Waals surface area contributed by atoms with Crippen LogP contribution < -0.4 is 10.5 Å². The number of alkyl halides is 3. The summed E-state index contributed by atoms with van der Waals surface area (Å²) in [5, 5.41) is 1.03. The third-order valence-electron chi connectivity index (χ3n) is 7.13. The van der Waals surface area contributed by atoms with E-state index in [4.69, 9.17) is 10.5 Å². The predicted octanol–water partition coefficient (Wildman–Crippen LogP) is 6.33. The fourth-order valence-corrected chi connectivity index (χ4v) is 5.56. The lowest BCUT2D eigenvalue weighted by Gasteiger charge is -2.19. The van der Waals surface area contributed by atoms with E-state index in [-0.39, 0.29) is 24.3 Å². The summed E-state index contributed by atoms with van der Waals surface area (Å²) in [5.41, 5.74) is 8.95. The molecule has 7 heteroatoms. The van der Waals surface area contributed by atoms with Crippen LogP contribution in [0.1, 0.15) is 78.3 Å². The van der Waals surface area contributed by atoms with Gasteiger partial charge in [-0.3, -0.25) is 4.79 Å². The zero-order chi connectivity index (χ0) is 23.2. The number of aromatic amines is 1. The number of nitrogens with one attached hydrogen (secondary N) is 1. The van der Waals surface area contributed by atoms with E-state index in [1.807, 2.05) is 18.2 Å². The van der Waals surface area contributed by atoms with E-state index < -0.39 is 11.7 Å². The number of H-pyrrole nitrogens is 1. The predicted molar refractivity (Wildman–Crippen MR) is 120 cm³/mol. The topological polar surface area (TPSA) is 68.1 Å². The number of benzene rings is 2. The van der Waals surface area contributed by atoms with Crippen molar-refractivity contribution in [1.82, 2.24) is 4.98 Å². The molecule has 1 fully saturated rings. The van der Waals surface area contributed by atoms with Crippen LogP contribution in [-0.4, -0.2) is 10.9 Å². The van der Waals surface area contributed by atoms with Gasteiger partial charge < -0.3 is 15.5 Å². The maximum atomic E-state index is 13.7. The Bertz CT molecular complexity index is 1190. The summed E-state index contributed by atoms with van der Waals surface area (Å²) < 4.78 is 47.1. The average molecular weight is 457 g/mol. The number of hydrogen-bond donors (Lipinski definition) is 2. The fourth-order valence-electron chi connectivity index (χ4n) is 5.56. The Balaban J connectivity index is 1.36. The van der Waals surface area contributed by atoms with Gasteiger partial charge in [-0.25, -0.2) is 0 Å². The number of amides is 1. The number of hydrogen-bond acceptors (Lipinski definition) is 2. The number of fused-ring (bicyclic) bond motifs is 3. The van der Waals surface area contributed by atoms with Crippen LogP contribution in [0.5, 0.6) is 5.75 Å². The summed E-state index contributed by atoms with van der Waals surface area (Å²) >= 11 is 0. The van der Waals surface area contributed by atoms with E-state index in [1.165, 1.54) is 11.6 Å². The molecule has 1 heterocycles. The first-order chi connectivity index (χ1) is 15.8. The van der Waals surface area contributed by atoms with Crippen molar-refractivity contribution in [3.8, 4) is 5.75 Å². The van der Waals surface area contributed by atoms with Gasteiger partial charge in [0.1, 0.15) is 12.4 Å². The van der Waals surface area contributed by atoms with E-state index in [2.05, 4.69) is 4.98 Å². The molecule has 174 valence electrons. The number of nitrogens with two attached hydrogens (primary N) is 1. The highest BCUT2D eigenvalue weighted by molar-refractivity contribution is 5.87. The van der Waals surface area contributed by atoms with Crippen molar-refractivity contribution in [3.63, 3.8) is 0 Å². The number of ether oxygens (including phenoxy) is 1. The minimum Gasteiger partial charge on any atom is -0.489 e. The molecule has 0 radical (unpaired) electrons. The molecule has 0 aliphatic heterocycles. The molecule has 1 aromatic heterocycles. The average Bonchev–Trinajstić information content (AvgIpc) is 3.49. The van der Waals surface area contributed by atoms with Gasteiger partial charge >= 0.3 is 6.18 Å². The van der Waals surface area contributed by atoms with Crippen LogP contribution in [-0.2, 0) is 24.0 Å². The Kier molecular flexibility index (Phi) is 5.59. The first-order valence-electron chi connectivity index (χ1n) is 11.5. The van der Waals surface area contributed by atoms with Crippen molar-refractivity contribution in [2.45, 2.75) is 69.6 Å². The van der Waals surface area contributed by atoms with Gasteiger partial charge in [0.2, 0.25) is 5.91 Å². The zero-order valence-corrected chi connectivity index (χ0v) is 18.3. The Hall–Kier alpha value is -2.96. The van der Waals surface area contributed by atoms with Crippen LogP contribution in [0.4, 0.5) is 13.2 Å². The summed E-state index contributed by atoms with van der Waals surface area (Å²) in [6, 6.07) is 10.3. The molecule has 5 rings (SSSR count). The molecule has 0 unspecified atom stereocenters. The SMILES string of the molecule is NC(=O)C[C@H]1CCc2c1[nH]c1ccc(OCc3ccc(C4CCCC4)c(C(F)(F)F)c3)cc21. The van der Waals surface area contributed by atoms with E-state index in [0.717, 1.165) is 55.1 Å². The number of aryl methyl sites for hydroxylation is 1.